The zero-order chi connectivity index (χ0) is 21.7. The Balaban J connectivity index is 1.66. The highest BCUT2D eigenvalue weighted by Gasteiger charge is 2.12. The van der Waals surface area contributed by atoms with Gasteiger partial charge in [-0.1, -0.05) is 48.0 Å². The van der Waals surface area contributed by atoms with E-state index in [1.54, 1.807) is 12.1 Å². The van der Waals surface area contributed by atoms with Crippen LogP contribution >= 0.6 is 23.8 Å². The number of benzene rings is 3. The first-order valence-corrected chi connectivity index (χ1v) is 10.4. The van der Waals surface area contributed by atoms with Crippen molar-refractivity contribution in [3.8, 4) is 0 Å². The van der Waals surface area contributed by atoms with E-state index < -0.39 is 0 Å². The minimum atomic E-state index is -0.143. The van der Waals surface area contributed by atoms with Crippen LogP contribution in [-0.4, -0.2) is 11.0 Å². The number of halogens is 1. The minimum Gasteiger partial charge on any atom is -0.356 e. The summed E-state index contributed by atoms with van der Waals surface area (Å²) in [7, 11) is 0. The van der Waals surface area contributed by atoms with Crippen molar-refractivity contribution in [1.29, 1.82) is 0 Å². The maximum atomic E-state index is 12.4. The van der Waals surface area contributed by atoms with E-state index in [2.05, 4.69) is 22.0 Å². The maximum absolute atomic E-state index is 12.4. The highest BCUT2D eigenvalue weighted by atomic mass is 35.5. The summed E-state index contributed by atoms with van der Waals surface area (Å²) < 4.78 is 0. The molecule has 3 aromatic carbocycles. The summed E-state index contributed by atoms with van der Waals surface area (Å²) in [5.74, 6) is -0.143. The van der Waals surface area contributed by atoms with Crippen molar-refractivity contribution in [3.63, 3.8) is 0 Å². The Kier molecular flexibility index (Phi) is 7.08. The number of hydrogen-bond acceptors (Lipinski definition) is 2. The van der Waals surface area contributed by atoms with E-state index >= 15 is 0 Å². The topological polar surface area (TPSA) is 53.2 Å². The molecule has 1 atom stereocenters. The number of rotatable bonds is 5. The highest BCUT2D eigenvalue weighted by Crippen LogP contribution is 2.27. The van der Waals surface area contributed by atoms with Gasteiger partial charge in [-0.25, -0.2) is 0 Å². The van der Waals surface area contributed by atoms with Gasteiger partial charge in [-0.3, -0.25) is 4.79 Å². The normalized spacial score (nSPS) is 11.5. The first-order chi connectivity index (χ1) is 14.3. The molecule has 30 heavy (non-hydrogen) atoms. The number of aryl methyl sites for hydroxylation is 2. The predicted molar refractivity (Wildman–Crippen MR) is 130 cm³/mol. The summed E-state index contributed by atoms with van der Waals surface area (Å²) in [6, 6.07) is 20.7. The molecule has 3 rings (SSSR count). The molecule has 1 unspecified atom stereocenters. The Hall–Kier alpha value is -2.89. The average molecular weight is 438 g/mol. The van der Waals surface area contributed by atoms with Gasteiger partial charge in [-0.2, -0.15) is 0 Å². The molecule has 0 aliphatic carbocycles. The molecule has 0 bridgehead atoms. The van der Waals surface area contributed by atoms with Gasteiger partial charge in [-0.15, -0.1) is 0 Å². The number of nitrogens with one attached hydrogen (secondary N) is 3. The fourth-order valence-electron chi connectivity index (χ4n) is 3.18. The lowest BCUT2D eigenvalue weighted by Gasteiger charge is -2.20. The van der Waals surface area contributed by atoms with E-state index in [1.165, 1.54) is 0 Å². The van der Waals surface area contributed by atoms with Gasteiger partial charge in [0.15, 0.2) is 5.11 Å². The van der Waals surface area contributed by atoms with Crippen LogP contribution in [0.15, 0.2) is 66.7 Å². The van der Waals surface area contributed by atoms with Crippen LogP contribution in [0.1, 0.15) is 40.0 Å². The molecule has 0 fully saturated rings. The first kappa shape index (κ1) is 21.8. The Morgan fingerprint density at radius 2 is 1.70 bits per heavy atom. The van der Waals surface area contributed by atoms with Crippen molar-refractivity contribution < 1.29 is 4.79 Å². The Morgan fingerprint density at radius 1 is 0.967 bits per heavy atom. The van der Waals surface area contributed by atoms with Gasteiger partial charge in [0.1, 0.15) is 0 Å². The molecule has 0 aliphatic rings. The molecule has 0 aliphatic heterocycles. The van der Waals surface area contributed by atoms with Crippen molar-refractivity contribution in [2.45, 2.75) is 26.8 Å². The molecule has 3 N–H and O–H groups in total. The largest absolute Gasteiger partial charge is 0.356 e. The predicted octanol–water partition coefficient (Wildman–Crippen LogP) is 6.26. The number of hydrogen-bond donors (Lipinski definition) is 3. The van der Waals surface area contributed by atoms with E-state index in [4.69, 9.17) is 23.8 Å². The van der Waals surface area contributed by atoms with Gasteiger partial charge >= 0.3 is 0 Å². The van der Waals surface area contributed by atoms with Crippen LogP contribution in [0.4, 0.5) is 11.4 Å². The van der Waals surface area contributed by atoms with E-state index in [1.807, 2.05) is 69.3 Å². The lowest BCUT2D eigenvalue weighted by molar-refractivity contribution is 0.102. The molecule has 0 heterocycles. The smallest absolute Gasteiger partial charge is 0.255 e. The van der Waals surface area contributed by atoms with Gasteiger partial charge in [0.25, 0.3) is 5.91 Å². The molecule has 0 aromatic heterocycles. The lowest BCUT2D eigenvalue weighted by atomic mass is 10.1. The first-order valence-electron chi connectivity index (χ1n) is 9.64. The van der Waals surface area contributed by atoms with Gasteiger partial charge < -0.3 is 16.0 Å². The molecular weight excluding hydrogens is 414 g/mol. The molecular formula is C24H24ClN3OS. The van der Waals surface area contributed by atoms with Gasteiger partial charge in [0.05, 0.1) is 16.8 Å². The van der Waals surface area contributed by atoms with E-state index in [9.17, 15) is 4.79 Å². The van der Waals surface area contributed by atoms with Crippen molar-refractivity contribution in [2.24, 2.45) is 0 Å². The van der Waals surface area contributed by atoms with E-state index in [0.717, 1.165) is 28.1 Å². The van der Waals surface area contributed by atoms with Crippen LogP contribution < -0.4 is 16.0 Å². The van der Waals surface area contributed by atoms with Crippen LogP contribution in [0.3, 0.4) is 0 Å². The molecule has 3 aromatic rings. The Labute approximate surface area is 187 Å². The zero-order valence-electron chi connectivity index (χ0n) is 17.1. The second-order valence-corrected chi connectivity index (χ2v) is 8.02. The maximum Gasteiger partial charge on any atom is 0.255 e. The van der Waals surface area contributed by atoms with E-state index in [0.29, 0.717) is 15.7 Å². The summed E-state index contributed by atoms with van der Waals surface area (Å²) in [5.41, 5.74) is 5.27. The summed E-state index contributed by atoms with van der Waals surface area (Å²) in [6.45, 7) is 6.01. The standard InChI is InChI=1S/C24H24ClN3OS/c1-15-12-16(2)22(21(25)13-15)28-24(30)26-17(3)19-10-7-11-20(14-19)27-23(29)18-8-5-4-6-9-18/h4-14,17H,1-3H3,(H,27,29)(H2,26,28,30). The zero-order valence-corrected chi connectivity index (χ0v) is 18.7. The number of anilines is 2. The summed E-state index contributed by atoms with van der Waals surface area (Å²) >= 11 is 11.8. The highest BCUT2D eigenvalue weighted by molar-refractivity contribution is 7.80. The molecule has 6 heteroatoms. The number of amides is 1. The molecule has 0 saturated heterocycles. The summed E-state index contributed by atoms with van der Waals surface area (Å²) in [5, 5.41) is 10.5. The molecule has 4 nitrogen and oxygen atoms in total. The van der Waals surface area contributed by atoms with Crippen molar-refractivity contribution in [2.75, 3.05) is 10.6 Å². The lowest BCUT2D eigenvalue weighted by Crippen LogP contribution is -2.31. The van der Waals surface area contributed by atoms with Crippen molar-refractivity contribution in [3.05, 3.63) is 94.0 Å². The SMILES string of the molecule is Cc1cc(C)c(NC(=S)NC(C)c2cccc(NC(=O)c3ccccc3)c2)c(Cl)c1. The fraction of sp³-hybridized carbons (Fsp3) is 0.167. The minimum absolute atomic E-state index is 0.0666. The number of carbonyl (C=O) groups excluding carboxylic acids is 1. The Morgan fingerprint density at radius 3 is 2.40 bits per heavy atom. The second kappa shape index (κ2) is 9.74. The van der Waals surface area contributed by atoms with Crippen LogP contribution in [0.25, 0.3) is 0 Å². The second-order valence-electron chi connectivity index (χ2n) is 7.20. The number of thiocarbonyl (C=S) groups is 1. The molecule has 0 saturated carbocycles. The van der Waals surface area contributed by atoms with Gasteiger partial charge in [-0.05, 0) is 80.0 Å². The third-order valence-electron chi connectivity index (χ3n) is 4.70. The van der Waals surface area contributed by atoms with Crippen LogP contribution in [0.5, 0.6) is 0 Å². The average Bonchev–Trinajstić information content (AvgIpc) is 2.71. The summed E-state index contributed by atoms with van der Waals surface area (Å²) in [4.78, 5) is 12.4. The van der Waals surface area contributed by atoms with E-state index in [-0.39, 0.29) is 11.9 Å². The van der Waals surface area contributed by atoms with Gasteiger partial charge in [0, 0.05) is 11.3 Å². The van der Waals surface area contributed by atoms with Crippen molar-refractivity contribution >= 4 is 46.2 Å². The third kappa shape index (κ3) is 5.59. The quantitative estimate of drug-likeness (QED) is 0.412. The van der Waals surface area contributed by atoms with Crippen LogP contribution in [0.2, 0.25) is 5.02 Å². The molecule has 1 amide bonds. The number of carbonyl (C=O) groups is 1. The van der Waals surface area contributed by atoms with Gasteiger partial charge in [0.2, 0.25) is 0 Å². The summed E-state index contributed by atoms with van der Waals surface area (Å²) in [6.07, 6.45) is 0. The molecule has 0 spiro atoms. The van der Waals surface area contributed by atoms with Crippen molar-refractivity contribution in [1.82, 2.24) is 5.32 Å². The van der Waals surface area contributed by atoms with Crippen LogP contribution in [-0.2, 0) is 0 Å². The monoisotopic (exact) mass is 437 g/mol. The third-order valence-corrected chi connectivity index (χ3v) is 5.22. The molecule has 154 valence electrons. The Bertz CT molecular complexity index is 1050. The van der Waals surface area contributed by atoms with Crippen LogP contribution in [0, 0.1) is 13.8 Å². The molecule has 0 radical (unpaired) electrons. The fourth-order valence-corrected chi connectivity index (χ4v) is 3.83.